The van der Waals surface area contributed by atoms with Crippen LogP contribution in [0.25, 0.3) is 0 Å². The standard InChI is InChI=1S/C13H19F3N4O2/c1-18(2)12(21)22-10-4-5-20(8-10)7-9-6-17-19(3)11(9)13(14,15)16/h6,10H,4-5,7-8H2,1-3H3. The Morgan fingerprint density at radius 1 is 1.50 bits per heavy atom. The molecule has 1 amide bonds. The molecular weight excluding hydrogens is 301 g/mol. The molecule has 2 heterocycles. The lowest BCUT2D eigenvalue weighted by Crippen LogP contribution is -2.30. The Balaban J connectivity index is 1.98. The summed E-state index contributed by atoms with van der Waals surface area (Å²) in [6, 6.07) is 0. The number of carbonyl (C=O) groups is 1. The van der Waals surface area contributed by atoms with Gasteiger partial charge in [0.15, 0.2) is 0 Å². The molecule has 1 aliphatic heterocycles. The van der Waals surface area contributed by atoms with Crippen LogP contribution >= 0.6 is 0 Å². The van der Waals surface area contributed by atoms with Crippen molar-refractivity contribution in [1.82, 2.24) is 19.6 Å². The van der Waals surface area contributed by atoms with Gasteiger partial charge in [-0.1, -0.05) is 0 Å². The van der Waals surface area contributed by atoms with Crippen molar-refractivity contribution in [3.05, 3.63) is 17.5 Å². The van der Waals surface area contributed by atoms with E-state index in [0.29, 0.717) is 19.5 Å². The fourth-order valence-electron chi connectivity index (χ4n) is 2.49. The summed E-state index contributed by atoms with van der Waals surface area (Å²) in [5.74, 6) is 0. The zero-order chi connectivity index (χ0) is 16.5. The van der Waals surface area contributed by atoms with Crippen LogP contribution in [0.2, 0.25) is 0 Å². The van der Waals surface area contributed by atoms with Crippen molar-refractivity contribution in [2.24, 2.45) is 7.05 Å². The topological polar surface area (TPSA) is 50.6 Å². The maximum absolute atomic E-state index is 13.0. The molecule has 0 bridgehead atoms. The zero-order valence-electron chi connectivity index (χ0n) is 12.7. The molecular formula is C13H19F3N4O2. The number of aryl methyl sites for hydroxylation is 1. The second-order valence-electron chi connectivity index (χ2n) is 5.56. The van der Waals surface area contributed by atoms with Gasteiger partial charge in [-0.3, -0.25) is 9.58 Å². The molecule has 1 unspecified atom stereocenters. The molecule has 6 nitrogen and oxygen atoms in total. The van der Waals surface area contributed by atoms with Crippen molar-refractivity contribution in [3.63, 3.8) is 0 Å². The minimum Gasteiger partial charge on any atom is -0.445 e. The number of likely N-dealkylation sites (tertiary alicyclic amines) is 1. The number of alkyl halides is 3. The van der Waals surface area contributed by atoms with E-state index >= 15 is 0 Å². The molecule has 124 valence electrons. The summed E-state index contributed by atoms with van der Waals surface area (Å²) in [4.78, 5) is 14.6. The van der Waals surface area contributed by atoms with Crippen molar-refractivity contribution in [3.8, 4) is 0 Å². The monoisotopic (exact) mass is 320 g/mol. The second kappa shape index (κ2) is 6.15. The fraction of sp³-hybridized carbons (Fsp3) is 0.692. The summed E-state index contributed by atoms with van der Waals surface area (Å²) >= 11 is 0. The summed E-state index contributed by atoms with van der Waals surface area (Å²) in [5.41, 5.74) is -0.601. The number of nitrogens with zero attached hydrogens (tertiary/aromatic N) is 4. The van der Waals surface area contributed by atoms with Crippen LogP contribution in [0.15, 0.2) is 6.20 Å². The summed E-state index contributed by atoms with van der Waals surface area (Å²) in [7, 11) is 4.44. The summed E-state index contributed by atoms with van der Waals surface area (Å²) < 4.78 is 45.1. The number of hydrogen-bond donors (Lipinski definition) is 0. The van der Waals surface area contributed by atoms with Crippen LogP contribution < -0.4 is 0 Å². The third-order valence-electron chi connectivity index (χ3n) is 3.54. The lowest BCUT2D eigenvalue weighted by atomic mass is 10.2. The van der Waals surface area contributed by atoms with Gasteiger partial charge >= 0.3 is 12.3 Å². The van der Waals surface area contributed by atoms with Crippen molar-refractivity contribution < 1.29 is 22.7 Å². The van der Waals surface area contributed by atoms with E-state index in [1.165, 1.54) is 18.1 Å². The van der Waals surface area contributed by atoms with E-state index in [9.17, 15) is 18.0 Å². The van der Waals surface area contributed by atoms with Crippen molar-refractivity contribution in [2.45, 2.75) is 25.2 Å². The lowest BCUT2D eigenvalue weighted by Gasteiger charge is -2.18. The minimum absolute atomic E-state index is 0.134. The average molecular weight is 320 g/mol. The smallest absolute Gasteiger partial charge is 0.433 e. The van der Waals surface area contributed by atoms with Gasteiger partial charge in [0.1, 0.15) is 11.8 Å². The molecule has 1 aliphatic rings. The largest absolute Gasteiger partial charge is 0.445 e. The molecule has 1 aromatic rings. The summed E-state index contributed by atoms with van der Waals surface area (Å²) in [5, 5.41) is 3.69. The molecule has 1 fully saturated rings. The van der Waals surface area contributed by atoms with E-state index in [-0.39, 0.29) is 18.2 Å². The SMILES string of the molecule is CN(C)C(=O)OC1CCN(Cc2cnn(C)c2C(F)(F)F)C1. The van der Waals surface area contributed by atoms with Gasteiger partial charge in [0.2, 0.25) is 0 Å². The fourth-order valence-corrected chi connectivity index (χ4v) is 2.49. The number of ether oxygens (including phenoxy) is 1. The van der Waals surface area contributed by atoms with E-state index < -0.39 is 18.0 Å². The van der Waals surface area contributed by atoms with Gasteiger partial charge in [-0.2, -0.15) is 18.3 Å². The average Bonchev–Trinajstić information content (AvgIpc) is 2.96. The number of halogens is 3. The molecule has 0 spiro atoms. The number of aromatic nitrogens is 2. The molecule has 9 heteroatoms. The van der Waals surface area contributed by atoms with Gasteiger partial charge in [0.05, 0.1) is 6.20 Å². The quantitative estimate of drug-likeness (QED) is 0.851. The van der Waals surface area contributed by atoms with E-state index in [1.54, 1.807) is 14.1 Å². The van der Waals surface area contributed by atoms with Gasteiger partial charge in [0, 0.05) is 46.3 Å². The molecule has 0 N–H and O–H groups in total. The molecule has 1 aromatic heterocycles. The Morgan fingerprint density at radius 2 is 2.18 bits per heavy atom. The number of carbonyl (C=O) groups excluding carboxylic acids is 1. The Kier molecular flexibility index (Phi) is 4.64. The van der Waals surface area contributed by atoms with Gasteiger partial charge in [0.25, 0.3) is 0 Å². The first kappa shape index (κ1) is 16.6. The third kappa shape index (κ3) is 3.70. The van der Waals surface area contributed by atoms with Crippen LogP contribution in [-0.4, -0.2) is 59.0 Å². The zero-order valence-corrected chi connectivity index (χ0v) is 12.7. The van der Waals surface area contributed by atoms with Crippen LogP contribution in [0.4, 0.5) is 18.0 Å². The van der Waals surface area contributed by atoms with Crippen molar-refractivity contribution >= 4 is 6.09 Å². The number of amides is 1. The molecule has 1 saturated heterocycles. The van der Waals surface area contributed by atoms with Crippen molar-refractivity contribution in [1.29, 1.82) is 0 Å². The van der Waals surface area contributed by atoms with Crippen LogP contribution in [0.1, 0.15) is 17.7 Å². The van der Waals surface area contributed by atoms with Crippen LogP contribution in [0.5, 0.6) is 0 Å². The Labute approximate surface area is 126 Å². The highest BCUT2D eigenvalue weighted by Crippen LogP contribution is 2.32. The highest BCUT2D eigenvalue weighted by Gasteiger charge is 2.38. The maximum Gasteiger partial charge on any atom is 0.433 e. The van der Waals surface area contributed by atoms with Gasteiger partial charge in [-0.25, -0.2) is 4.79 Å². The van der Waals surface area contributed by atoms with Crippen LogP contribution in [0.3, 0.4) is 0 Å². The minimum atomic E-state index is -4.43. The summed E-state index contributed by atoms with van der Waals surface area (Å²) in [6.07, 6.45) is -3.31. The van der Waals surface area contributed by atoms with Crippen LogP contribution in [0, 0.1) is 0 Å². The predicted molar refractivity (Wildman–Crippen MR) is 72.1 cm³/mol. The maximum atomic E-state index is 13.0. The number of hydrogen-bond acceptors (Lipinski definition) is 4. The van der Waals surface area contributed by atoms with E-state index in [4.69, 9.17) is 4.74 Å². The highest BCUT2D eigenvalue weighted by atomic mass is 19.4. The first-order valence-corrected chi connectivity index (χ1v) is 6.87. The molecule has 22 heavy (non-hydrogen) atoms. The first-order chi connectivity index (χ1) is 10.2. The Morgan fingerprint density at radius 3 is 2.77 bits per heavy atom. The van der Waals surface area contributed by atoms with Gasteiger partial charge in [-0.05, 0) is 6.42 Å². The highest BCUT2D eigenvalue weighted by molar-refractivity contribution is 5.67. The second-order valence-corrected chi connectivity index (χ2v) is 5.56. The molecule has 0 radical (unpaired) electrons. The molecule has 2 rings (SSSR count). The Bertz CT molecular complexity index is 542. The van der Waals surface area contributed by atoms with E-state index in [0.717, 1.165) is 4.68 Å². The Hall–Kier alpha value is -1.77. The molecule has 0 saturated carbocycles. The third-order valence-corrected chi connectivity index (χ3v) is 3.54. The van der Waals surface area contributed by atoms with Crippen molar-refractivity contribution in [2.75, 3.05) is 27.2 Å². The normalized spacial score (nSPS) is 19.5. The van der Waals surface area contributed by atoms with E-state index in [2.05, 4.69) is 5.10 Å². The summed E-state index contributed by atoms with van der Waals surface area (Å²) in [6.45, 7) is 1.14. The molecule has 0 aliphatic carbocycles. The van der Waals surface area contributed by atoms with Gasteiger partial charge in [-0.15, -0.1) is 0 Å². The predicted octanol–water partition coefficient (Wildman–Crippen LogP) is 1.71. The van der Waals surface area contributed by atoms with Crippen LogP contribution in [-0.2, 0) is 24.5 Å². The van der Waals surface area contributed by atoms with E-state index in [1.807, 2.05) is 4.90 Å². The molecule has 0 aromatic carbocycles. The molecule has 1 atom stereocenters. The van der Waals surface area contributed by atoms with Gasteiger partial charge < -0.3 is 9.64 Å². The number of rotatable bonds is 3. The lowest BCUT2D eigenvalue weighted by molar-refractivity contribution is -0.144. The first-order valence-electron chi connectivity index (χ1n) is 6.87.